The lowest BCUT2D eigenvalue weighted by Crippen LogP contribution is -1.93. The fourth-order valence-electron chi connectivity index (χ4n) is 1.39. The van der Waals surface area contributed by atoms with Crippen LogP contribution in [0.4, 0.5) is 5.69 Å². The predicted octanol–water partition coefficient (Wildman–Crippen LogP) is 4.94. The lowest BCUT2D eigenvalue weighted by atomic mass is 10.1. The Kier molecular flexibility index (Phi) is 3.69. The van der Waals surface area contributed by atoms with Gasteiger partial charge in [-0.1, -0.05) is 46.4 Å². The number of aromatic nitrogens is 1. The normalized spacial score (nSPS) is 10.6. The molecule has 0 fully saturated rings. The lowest BCUT2D eigenvalue weighted by Gasteiger charge is -2.09. The zero-order valence-corrected chi connectivity index (χ0v) is 11.4. The summed E-state index contributed by atoms with van der Waals surface area (Å²) >= 11 is 23.8. The molecule has 0 unspecified atom stereocenters. The molecule has 0 radical (unpaired) electrons. The van der Waals surface area contributed by atoms with Gasteiger partial charge in [0.25, 0.3) is 0 Å². The Morgan fingerprint density at radius 1 is 0.765 bits per heavy atom. The van der Waals surface area contributed by atoms with E-state index < -0.39 is 0 Å². The molecule has 0 bridgehead atoms. The summed E-state index contributed by atoms with van der Waals surface area (Å²) in [5.41, 5.74) is 7.54. The molecule has 1 aromatic carbocycles. The van der Waals surface area contributed by atoms with Crippen LogP contribution < -0.4 is 5.73 Å². The van der Waals surface area contributed by atoms with E-state index in [-0.39, 0.29) is 0 Å². The quantitative estimate of drug-likeness (QED) is 0.757. The zero-order valence-electron chi connectivity index (χ0n) is 8.35. The van der Waals surface area contributed by atoms with Gasteiger partial charge in [0.1, 0.15) is 0 Å². The maximum atomic E-state index is 6.09. The third kappa shape index (κ3) is 2.45. The van der Waals surface area contributed by atoms with Crippen molar-refractivity contribution in [2.75, 3.05) is 5.73 Å². The number of nitrogen functional groups attached to an aromatic ring is 1. The summed E-state index contributed by atoms with van der Waals surface area (Å²) in [5, 5.41) is 1.58. The number of halogens is 4. The van der Waals surface area contributed by atoms with E-state index in [2.05, 4.69) is 4.98 Å². The Bertz CT molecular complexity index is 584. The average Bonchev–Trinajstić information content (AvgIpc) is 2.28. The summed E-state index contributed by atoms with van der Waals surface area (Å²) in [4.78, 5) is 3.97. The second-order valence-corrected chi connectivity index (χ2v) is 4.96. The largest absolute Gasteiger partial charge is 0.397 e. The molecule has 0 saturated heterocycles. The van der Waals surface area contributed by atoms with Crippen LogP contribution in [-0.2, 0) is 0 Å². The molecule has 2 nitrogen and oxygen atoms in total. The summed E-state index contributed by atoms with van der Waals surface area (Å²) in [5.74, 6) is 0. The minimum absolute atomic E-state index is 0.365. The summed E-state index contributed by atoms with van der Waals surface area (Å²) in [6, 6.07) is 3.19. The minimum atomic E-state index is 0.365. The third-order valence-corrected chi connectivity index (χ3v) is 3.58. The van der Waals surface area contributed by atoms with Crippen LogP contribution in [0.3, 0.4) is 0 Å². The van der Waals surface area contributed by atoms with Gasteiger partial charge in [0.2, 0.25) is 0 Å². The van der Waals surface area contributed by atoms with Crippen LogP contribution in [0.1, 0.15) is 0 Å². The van der Waals surface area contributed by atoms with E-state index in [0.29, 0.717) is 36.9 Å². The van der Waals surface area contributed by atoms with Gasteiger partial charge in [-0.25, -0.2) is 0 Å². The SMILES string of the molecule is Nc1c(Cl)cncc1-c1cc(Cl)c(Cl)cc1Cl. The first-order chi connectivity index (χ1) is 8.00. The summed E-state index contributed by atoms with van der Waals surface area (Å²) in [7, 11) is 0. The number of benzene rings is 1. The lowest BCUT2D eigenvalue weighted by molar-refractivity contribution is 1.33. The van der Waals surface area contributed by atoms with E-state index in [1.165, 1.54) is 6.20 Å². The van der Waals surface area contributed by atoms with Crippen LogP contribution in [0.2, 0.25) is 20.1 Å². The molecule has 0 aliphatic rings. The smallest absolute Gasteiger partial charge is 0.0824 e. The standard InChI is InChI=1S/C11H6Cl4N2/c12-7-2-9(14)8(13)1-5(7)6-3-17-4-10(15)11(6)16/h1-4H,(H2,16,17). The van der Waals surface area contributed by atoms with E-state index >= 15 is 0 Å². The van der Waals surface area contributed by atoms with Crippen molar-refractivity contribution in [2.24, 2.45) is 0 Å². The van der Waals surface area contributed by atoms with Crippen LogP contribution in [-0.4, -0.2) is 4.98 Å². The van der Waals surface area contributed by atoms with Gasteiger partial charge in [0, 0.05) is 23.5 Å². The van der Waals surface area contributed by atoms with Crippen molar-refractivity contribution in [1.29, 1.82) is 0 Å². The number of pyridine rings is 1. The maximum absolute atomic E-state index is 6.09. The molecule has 0 amide bonds. The number of anilines is 1. The van der Waals surface area contributed by atoms with Crippen molar-refractivity contribution >= 4 is 52.1 Å². The molecule has 1 heterocycles. The molecule has 2 N–H and O–H groups in total. The highest BCUT2D eigenvalue weighted by Crippen LogP contribution is 2.38. The topological polar surface area (TPSA) is 38.9 Å². The Morgan fingerprint density at radius 3 is 2.12 bits per heavy atom. The predicted molar refractivity (Wildman–Crippen MR) is 74.1 cm³/mol. The van der Waals surface area contributed by atoms with Crippen LogP contribution in [0.15, 0.2) is 24.5 Å². The van der Waals surface area contributed by atoms with Crippen LogP contribution in [0.25, 0.3) is 11.1 Å². The van der Waals surface area contributed by atoms with Crippen molar-refractivity contribution < 1.29 is 0 Å². The van der Waals surface area contributed by atoms with Gasteiger partial charge in [0.15, 0.2) is 0 Å². The maximum Gasteiger partial charge on any atom is 0.0824 e. The molecular weight excluding hydrogens is 302 g/mol. The van der Waals surface area contributed by atoms with Gasteiger partial charge >= 0.3 is 0 Å². The molecular formula is C11H6Cl4N2. The Morgan fingerprint density at radius 2 is 1.41 bits per heavy atom. The number of hydrogen-bond acceptors (Lipinski definition) is 2. The molecule has 2 aromatic rings. The first kappa shape index (κ1) is 12.8. The highest BCUT2D eigenvalue weighted by Gasteiger charge is 2.12. The monoisotopic (exact) mass is 306 g/mol. The van der Waals surface area contributed by atoms with E-state index in [9.17, 15) is 0 Å². The molecule has 17 heavy (non-hydrogen) atoms. The van der Waals surface area contributed by atoms with Crippen molar-refractivity contribution in [3.8, 4) is 11.1 Å². The molecule has 1 aromatic heterocycles. The van der Waals surface area contributed by atoms with Gasteiger partial charge < -0.3 is 5.73 Å². The summed E-state index contributed by atoms with van der Waals surface area (Å²) in [6.07, 6.45) is 3.04. The van der Waals surface area contributed by atoms with E-state index in [4.69, 9.17) is 52.1 Å². The summed E-state index contributed by atoms with van der Waals surface area (Å²) in [6.45, 7) is 0. The van der Waals surface area contributed by atoms with E-state index in [0.717, 1.165) is 0 Å². The second kappa shape index (κ2) is 4.91. The van der Waals surface area contributed by atoms with Gasteiger partial charge in [-0.3, -0.25) is 4.98 Å². The van der Waals surface area contributed by atoms with E-state index in [1.807, 2.05) is 0 Å². The Labute approximate surface area is 118 Å². The average molecular weight is 308 g/mol. The van der Waals surface area contributed by atoms with Crippen LogP contribution in [0.5, 0.6) is 0 Å². The number of nitrogens with zero attached hydrogens (tertiary/aromatic N) is 1. The number of rotatable bonds is 1. The fourth-order valence-corrected chi connectivity index (χ4v) is 2.20. The molecule has 0 saturated carbocycles. The van der Waals surface area contributed by atoms with E-state index in [1.54, 1.807) is 18.3 Å². The number of hydrogen-bond donors (Lipinski definition) is 1. The second-order valence-electron chi connectivity index (χ2n) is 3.33. The molecule has 2 rings (SSSR count). The van der Waals surface area contributed by atoms with Gasteiger partial charge in [-0.15, -0.1) is 0 Å². The molecule has 0 spiro atoms. The molecule has 0 atom stereocenters. The molecule has 0 aliphatic carbocycles. The molecule has 88 valence electrons. The Hall–Kier alpha value is -0.670. The van der Waals surface area contributed by atoms with Crippen LogP contribution in [0, 0.1) is 0 Å². The molecule has 0 aliphatic heterocycles. The zero-order chi connectivity index (χ0) is 12.6. The van der Waals surface area contributed by atoms with Crippen molar-refractivity contribution in [3.05, 3.63) is 44.6 Å². The highest BCUT2D eigenvalue weighted by atomic mass is 35.5. The number of nitrogens with two attached hydrogens (primary N) is 1. The highest BCUT2D eigenvalue weighted by molar-refractivity contribution is 6.44. The minimum Gasteiger partial charge on any atom is -0.397 e. The van der Waals surface area contributed by atoms with Crippen molar-refractivity contribution in [1.82, 2.24) is 4.98 Å². The Balaban J connectivity index is 2.69. The van der Waals surface area contributed by atoms with Crippen molar-refractivity contribution in [2.45, 2.75) is 0 Å². The summed E-state index contributed by atoms with van der Waals surface area (Å²) < 4.78 is 0. The first-order valence-electron chi connectivity index (χ1n) is 4.54. The van der Waals surface area contributed by atoms with Gasteiger partial charge in [0.05, 0.1) is 25.8 Å². The first-order valence-corrected chi connectivity index (χ1v) is 6.05. The third-order valence-electron chi connectivity index (χ3n) is 2.24. The molecule has 6 heteroatoms. The van der Waals surface area contributed by atoms with Crippen molar-refractivity contribution in [3.63, 3.8) is 0 Å². The van der Waals surface area contributed by atoms with Crippen LogP contribution >= 0.6 is 46.4 Å². The fraction of sp³-hybridized carbons (Fsp3) is 0. The van der Waals surface area contributed by atoms with Gasteiger partial charge in [-0.05, 0) is 12.1 Å². The van der Waals surface area contributed by atoms with Gasteiger partial charge in [-0.2, -0.15) is 0 Å².